The Balaban J connectivity index is 1.15. The van der Waals surface area contributed by atoms with Gasteiger partial charge in [0.2, 0.25) is 5.91 Å². The molecule has 5 nitrogen and oxygen atoms in total. The fraction of sp³-hybridized carbons (Fsp3) is 0.519. The molecule has 1 amide bonds. The molecule has 2 aromatic carbocycles. The predicted octanol–water partition coefficient (Wildman–Crippen LogP) is 3.81. The molecule has 5 rings (SSSR count). The SMILES string of the molecule is COc1ccc(-c2ccc3c(c2)CCN(CC(=O)N2CCN(C4CCCC4)CC2)C3)cc1. The van der Waals surface area contributed by atoms with E-state index in [4.69, 9.17) is 4.74 Å². The van der Waals surface area contributed by atoms with Gasteiger partial charge >= 0.3 is 0 Å². The number of piperazine rings is 1. The van der Waals surface area contributed by atoms with Gasteiger partial charge in [-0.15, -0.1) is 0 Å². The number of benzene rings is 2. The Morgan fingerprint density at radius 1 is 0.906 bits per heavy atom. The van der Waals surface area contributed by atoms with Crippen LogP contribution in [0.25, 0.3) is 11.1 Å². The van der Waals surface area contributed by atoms with Crippen molar-refractivity contribution in [2.24, 2.45) is 0 Å². The number of carbonyl (C=O) groups is 1. The lowest BCUT2D eigenvalue weighted by atomic mass is 9.94. The lowest BCUT2D eigenvalue weighted by molar-refractivity contribution is -0.134. The molecule has 0 N–H and O–H groups in total. The minimum Gasteiger partial charge on any atom is -0.497 e. The zero-order chi connectivity index (χ0) is 21.9. The number of fused-ring (bicyclic) bond motifs is 1. The standard InChI is InChI=1S/C27H35N3O2/c1-32-26-10-8-21(9-11-26)22-6-7-24-19-28(13-12-23(24)18-22)20-27(31)30-16-14-29(15-17-30)25-4-2-3-5-25/h6-11,18,25H,2-5,12-17,19-20H2,1H3. The van der Waals surface area contributed by atoms with Crippen LogP contribution in [0.2, 0.25) is 0 Å². The monoisotopic (exact) mass is 433 g/mol. The summed E-state index contributed by atoms with van der Waals surface area (Å²) in [4.78, 5) is 20.0. The van der Waals surface area contributed by atoms with Gasteiger partial charge < -0.3 is 9.64 Å². The molecule has 1 saturated heterocycles. The van der Waals surface area contributed by atoms with Gasteiger partial charge in [0.05, 0.1) is 13.7 Å². The highest BCUT2D eigenvalue weighted by atomic mass is 16.5. The molecular weight excluding hydrogens is 398 g/mol. The maximum atomic E-state index is 13.0. The van der Waals surface area contributed by atoms with E-state index in [1.807, 2.05) is 12.1 Å². The lowest BCUT2D eigenvalue weighted by Crippen LogP contribution is -2.53. The number of amides is 1. The van der Waals surface area contributed by atoms with Crippen molar-refractivity contribution in [3.8, 4) is 16.9 Å². The zero-order valence-electron chi connectivity index (χ0n) is 19.3. The molecule has 0 aromatic heterocycles. The third kappa shape index (κ3) is 4.69. The Morgan fingerprint density at radius 3 is 2.34 bits per heavy atom. The fourth-order valence-electron chi connectivity index (χ4n) is 5.61. The quantitative estimate of drug-likeness (QED) is 0.719. The van der Waals surface area contributed by atoms with Gasteiger partial charge in [-0.25, -0.2) is 0 Å². The molecule has 2 aliphatic heterocycles. The van der Waals surface area contributed by atoms with E-state index in [9.17, 15) is 4.79 Å². The molecule has 0 atom stereocenters. The smallest absolute Gasteiger partial charge is 0.236 e. The highest BCUT2D eigenvalue weighted by Crippen LogP contribution is 2.28. The molecule has 0 radical (unpaired) electrons. The normalized spacial score (nSPS) is 20.3. The molecule has 1 aliphatic carbocycles. The highest BCUT2D eigenvalue weighted by Gasteiger charge is 2.29. The van der Waals surface area contributed by atoms with Crippen LogP contribution in [-0.2, 0) is 17.8 Å². The first-order valence-electron chi connectivity index (χ1n) is 12.2. The molecular formula is C27H35N3O2. The first-order valence-corrected chi connectivity index (χ1v) is 12.2. The van der Waals surface area contributed by atoms with Gasteiger partial charge in [0.1, 0.15) is 5.75 Å². The molecule has 2 fully saturated rings. The van der Waals surface area contributed by atoms with Gasteiger partial charge in [0.15, 0.2) is 0 Å². The number of hydrogen-bond donors (Lipinski definition) is 0. The van der Waals surface area contributed by atoms with Crippen LogP contribution in [0.5, 0.6) is 5.75 Å². The van der Waals surface area contributed by atoms with Crippen molar-refractivity contribution >= 4 is 5.91 Å². The first-order chi connectivity index (χ1) is 15.7. The minimum absolute atomic E-state index is 0.300. The minimum atomic E-state index is 0.300. The third-order valence-electron chi connectivity index (χ3n) is 7.59. The second kappa shape index (κ2) is 9.63. The van der Waals surface area contributed by atoms with Gasteiger partial charge in [0, 0.05) is 45.3 Å². The van der Waals surface area contributed by atoms with Gasteiger partial charge in [-0.1, -0.05) is 43.2 Å². The Kier molecular flexibility index (Phi) is 6.47. The van der Waals surface area contributed by atoms with Crippen molar-refractivity contribution in [2.45, 2.75) is 44.7 Å². The predicted molar refractivity (Wildman–Crippen MR) is 128 cm³/mol. The van der Waals surface area contributed by atoms with Crippen LogP contribution in [0.15, 0.2) is 42.5 Å². The van der Waals surface area contributed by atoms with Crippen molar-refractivity contribution < 1.29 is 9.53 Å². The Morgan fingerprint density at radius 2 is 1.62 bits per heavy atom. The summed E-state index contributed by atoms with van der Waals surface area (Å²) in [5, 5.41) is 0. The molecule has 3 aliphatic rings. The van der Waals surface area contributed by atoms with Crippen molar-refractivity contribution in [3.05, 3.63) is 53.6 Å². The topological polar surface area (TPSA) is 36.0 Å². The number of carbonyl (C=O) groups excluding carboxylic acids is 1. The Hall–Kier alpha value is -2.37. The third-order valence-corrected chi connectivity index (χ3v) is 7.59. The maximum Gasteiger partial charge on any atom is 0.236 e. The fourth-order valence-corrected chi connectivity index (χ4v) is 5.61. The second-order valence-electron chi connectivity index (χ2n) is 9.53. The molecule has 0 unspecified atom stereocenters. The van der Waals surface area contributed by atoms with E-state index in [1.165, 1.54) is 47.9 Å². The van der Waals surface area contributed by atoms with Crippen LogP contribution in [0.4, 0.5) is 0 Å². The van der Waals surface area contributed by atoms with E-state index < -0.39 is 0 Å². The maximum absolute atomic E-state index is 13.0. The highest BCUT2D eigenvalue weighted by molar-refractivity contribution is 5.78. The summed E-state index contributed by atoms with van der Waals surface area (Å²) >= 11 is 0. The summed E-state index contributed by atoms with van der Waals surface area (Å²) in [6.07, 6.45) is 6.45. The number of nitrogens with zero attached hydrogens (tertiary/aromatic N) is 3. The van der Waals surface area contributed by atoms with E-state index >= 15 is 0 Å². The molecule has 1 saturated carbocycles. The van der Waals surface area contributed by atoms with E-state index in [0.717, 1.165) is 57.5 Å². The number of ether oxygens (including phenoxy) is 1. The zero-order valence-corrected chi connectivity index (χ0v) is 19.3. The molecule has 2 heterocycles. The summed E-state index contributed by atoms with van der Waals surface area (Å²) in [6, 6.07) is 15.8. The van der Waals surface area contributed by atoms with Crippen LogP contribution < -0.4 is 4.74 Å². The summed E-state index contributed by atoms with van der Waals surface area (Å²) < 4.78 is 5.27. The summed E-state index contributed by atoms with van der Waals surface area (Å²) in [7, 11) is 1.70. The van der Waals surface area contributed by atoms with Crippen LogP contribution in [0.1, 0.15) is 36.8 Å². The summed E-state index contributed by atoms with van der Waals surface area (Å²) in [5.74, 6) is 1.18. The van der Waals surface area contributed by atoms with Gasteiger partial charge in [0.25, 0.3) is 0 Å². The Labute approximate surface area is 191 Å². The van der Waals surface area contributed by atoms with E-state index in [0.29, 0.717) is 12.5 Å². The molecule has 170 valence electrons. The van der Waals surface area contributed by atoms with E-state index in [-0.39, 0.29) is 0 Å². The summed E-state index contributed by atoms with van der Waals surface area (Å²) in [6.45, 7) is 6.25. The van der Waals surface area contributed by atoms with Crippen molar-refractivity contribution in [3.63, 3.8) is 0 Å². The van der Waals surface area contributed by atoms with Crippen molar-refractivity contribution in [1.29, 1.82) is 0 Å². The average molecular weight is 434 g/mol. The molecule has 0 spiro atoms. The Bertz CT molecular complexity index is 928. The van der Waals surface area contributed by atoms with Crippen LogP contribution >= 0.6 is 0 Å². The number of methoxy groups -OCH3 is 1. The molecule has 0 bridgehead atoms. The van der Waals surface area contributed by atoms with Crippen LogP contribution in [0, 0.1) is 0 Å². The average Bonchev–Trinajstić information content (AvgIpc) is 3.39. The first kappa shape index (κ1) is 21.5. The van der Waals surface area contributed by atoms with Crippen molar-refractivity contribution in [1.82, 2.24) is 14.7 Å². The largest absolute Gasteiger partial charge is 0.497 e. The number of rotatable bonds is 5. The molecule has 5 heteroatoms. The van der Waals surface area contributed by atoms with Gasteiger partial charge in [-0.05, 0) is 53.6 Å². The van der Waals surface area contributed by atoms with Gasteiger partial charge in [-0.3, -0.25) is 14.6 Å². The molecule has 2 aromatic rings. The van der Waals surface area contributed by atoms with Crippen LogP contribution in [0.3, 0.4) is 0 Å². The number of hydrogen-bond acceptors (Lipinski definition) is 4. The second-order valence-corrected chi connectivity index (χ2v) is 9.53. The van der Waals surface area contributed by atoms with Gasteiger partial charge in [-0.2, -0.15) is 0 Å². The van der Waals surface area contributed by atoms with E-state index in [2.05, 4.69) is 45.0 Å². The summed E-state index contributed by atoms with van der Waals surface area (Å²) in [5.41, 5.74) is 5.22. The van der Waals surface area contributed by atoms with Crippen molar-refractivity contribution in [2.75, 3.05) is 46.4 Å². The lowest BCUT2D eigenvalue weighted by Gasteiger charge is -2.39. The van der Waals surface area contributed by atoms with Crippen LogP contribution in [-0.4, -0.2) is 73.0 Å². The van der Waals surface area contributed by atoms with E-state index in [1.54, 1.807) is 7.11 Å². The molecule has 32 heavy (non-hydrogen) atoms.